The quantitative estimate of drug-likeness (QED) is 0.336. The first kappa shape index (κ1) is 23.4. The molecule has 3 aliphatic rings. The molecule has 0 spiro atoms. The summed E-state index contributed by atoms with van der Waals surface area (Å²) in [6.07, 6.45) is 4.76. The van der Waals surface area contributed by atoms with E-state index in [0.717, 1.165) is 31.4 Å². The number of benzene rings is 1. The standard InChI is InChI=1S/C25H20F4N4O/c1-25(2)18(17(10-32)24(34-25)15(8-30)9-31)6-5-16-19(26)21(28)23(22(29)20(16)27)33-11-13-3-4-14(7-13)12-33/h5-6,13-14H,3-4,7,11-12H2,1-2H3. The van der Waals surface area contributed by atoms with E-state index in [1.165, 1.54) is 18.7 Å². The molecule has 5 nitrogen and oxygen atoms in total. The summed E-state index contributed by atoms with van der Waals surface area (Å²) in [6, 6.07) is 5.09. The summed E-state index contributed by atoms with van der Waals surface area (Å²) in [5, 5.41) is 27.8. The van der Waals surface area contributed by atoms with Gasteiger partial charge in [0.2, 0.25) is 0 Å². The molecule has 2 atom stereocenters. The Morgan fingerprint density at radius 3 is 2.00 bits per heavy atom. The lowest BCUT2D eigenvalue weighted by Gasteiger charge is -2.34. The van der Waals surface area contributed by atoms with Gasteiger partial charge >= 0.3 is 0 Å². The number of allylic oxidation sites excluding steroid dienone is 2. The minimum absolute atomic E-state index is 0.101. The monoisotopic (exact) mass is 468 g/mol. The highest BCUT2D eigenvalue weighted by Gasteiger charge is 2.39. The van der Waals surface area contributed by atoms with Crippen molar-refractivity contribution >= 4 is 11.8 Å². The van der Waals surface area contributed by atoms with Crippen LogP contribution in [-0.2, 0) is 4.74 Å². The summed E-state index contributed by atoms with van der Waals surface area (Å²) in [6.45, 7) is 3.73. The number of ether oxygens (including phenoxy) is 1. The van der Waals surface area contributed by atoms with Gasteiger partial charge in [-0.05, 0) is 51.0 Å². The van der Waals surface area contributed by atoms with Gasteiger partial charge in [-0.25, -0.2) is 17.6 Å². The second-order valence-corrected chi connectivity index (χ2v) is 9.24. The van der Waals surface area contributed by atoms with E-state index in [1.54, 1.807) is 12.1 Å². The highest BCUT2D eigenvalue weighted by molar-refractivity contribution is 5.66. The third-order valence-corrected chi connectivity index (χ3v) is 6.68. The van der Waals surface area contributed by atoms with Gasteiger partial charge in [-0.3, -0.25) is 0 Å². The van der Waals surface area contributed by atoms with Crippen LogP contribution in [0.5, 0.6) is 0 Å². The maximum Gasteiger partial charge on any atom is 0.185 e. The van der Waals surface area contributed by atoms with Crippen LogP contribution in [0.4, 0.5) is 23.2 Å². The van der Waals surface area contributed by atoms with Gasteiger partial charge in [0, 0.05) is 18.7 Å². The fourth-order valence-corrected chi connectivity index (χ4v) is 5.10. The van der Waals surface area contributed by atoms with E-state index in [2.05, 4.69) is 0 Å². The molecule has 1 saturated heterocycles. The van der Waals surface area contributed by atoms with Crippen molar-refractivity contribution in [2.75, 3.05) is 18.0 Å². The smallest absolute Gasteiger partial charge is 0.185 e. The maximum atomic E-state index is 15.0. The third kappa shape index (κ3) is 3.70. The van der Waals surface area contributed by atoms with E-state index in [4.69, 9.17) is 15.3 Å². The SMILES string of the molecule is CC1(C)OC(=C(C#N)C#N)C(C#N)=C1C=Cc1c(F)c(F)c(N2CC3CCC(C3)C2)c(F)c1F. The van der Waals surface area contributed by atoms with Crippen molar-refractivity contribution in [3.05, 3.63) is 57.4 Å². The lowest BCUT2D eigenvalue weighted by atomic mass is 9.94. The van der Waals surface area contributed by atoms with Crippen LogP contribution in [0.3, 0.4) is 0 Å². The number of hydrogen-bond acceptors (Lipinski definition) is 5. The number of nitrogens with zero attached hydrogens (tertiary/aromatic N) is 4. The molecule has 0 N–H and O–H groups in total. The lowest BCUT2D eigenvalue weighted by Crippen LogP contribution is -2.38. The predicted molar refractivity (Wildman–Crippen MR) is 114 cm³/mol. The Labute approximate surface area is 194 Å². The Morgan fingerprint density at radius 2 is 1.50 bits per heavy atom. The second kappa shape index (κ2) is 8.54. The number of fused-ring (bicyclic) bond motifs is 2. The van der Waals surface area contributed by atoms with E-state index in [9.17, 15) is 22.8 Å². The number of anilines is 1. The third-order valence-electron chi connectivity index (χ3n) is 6.68. The van der Waals surface area contributed by atoms with Gasteiger partial charge in [-0.15, -0.1) is 0 Å². The topological polar surface area (TPSA) is 83.8 Å². The Kier molecular flexibility index (Phi) is 5.87. The van der Waals surface area contributed by atoms with Crippen LogP contribution < -0.4 is 4.90 Å². The molecule has 2 aliphatic heterocycles. The van der Waals surface area contributed by atoms with Crippen molar-refractivity contribution in [2.24, 2.45) is 11.8 Å². The normalized spacial score (nSPS) is 23.0. The van der Waals surface area contributed by atoms with Gasteiger partial charge in [0.1, 0.15) is 35.1 Å². The molecule has 174 valence electrons. The summed E-state index contributed by atoms with van der Waals surface area (Å²) in [4.78, 5) is 1.39. The van der Waals surface area contributed by atoms with Gasteiger partial charge in [-0.1, -0.05) is 6.08 Å². The van der Waals surface area contributed by atoms with Crippen molar-refractivity contribution < 1.29 is 22.3 Å². The summed E-state index contributed by atoms with van der Waals surface area (Å²) in [5.74, 6) is -5.77. The molecule has 0 amide bonds. The molecule has 34 heavy (non-hydrogen) atoms. The zero-order valence-electron chi connectivity index (χ0n) is 18.6. The number of halogens is 4. The van der Waals surface area contributed by atoms with Gasteiger partial charge in [0.05, 0.1) is 5.56 Å². The van der Waals surface area contributed by atoms with Crippen LogP contribution in [0.1, 0.15) is 38.7 Å². The number of hydrogen-bond donors (Lipinski definition) is 0. The molecule has 2 bridgehead atoms. The van der Waals surface area contributed by atoms with Crippen molar-refractivity contribution in [2.45, 2.75) is 38.7 Å². The summed E-state index contributed by atoms with van der Waals surface area (Å²) in [5.41, 5.74) is -3.39. The van der Waals surface area contributed by atoms with Crippen molar-refractivity contribution in [3.63, 3.8) is 0 Å². The maximum absolute atomic E-state index is 15.0. The minimum atomic E-state index is -1.54. The van der Waals surface area contributed by atoms with Crippen molar-refractivity contribution in [1.82, 2.24) is 0 Å². The van der Waals surface area contributed by atoms with E-state index >= 15 is 0 Å². The Hall–Kier alpha value is -3.77. The highest BCUT2D eigenvalue weighted by Crippen LogP contribution is 2.42. The highest BCUT2D eigenvalue weighted by atomic mass is 19.2. The van der Waals surface area contributed by atoms with E-state index in [0.29, 0.717) is 13.1 Å². The average molecular weight is 468 g/mol. The average Bonchev–Trinajstić information content (AvgIpc) is 3.27. The molecule has 2 heterocycles. The second-order valence-electron chi connectivity index (χ2n) is 9.24. The zero-order chi connectivity index (χ0) is 24.8. The lowest BCUT2D eigenvalue weighted by molar-refractivity contribution is 0.0954. The molecule has 9 heteroatoms. The molecule has 1 aliphatic carbocycles. The Morgan fingerprint density at radius 1 is 0.941 bits per heavy atom. The molecule has 0 aromatic heterocycles. The van der Waals surface area contributed by atoms with Crippen LogP contribution in [0.25, 0.3) is 6.08 Å². The van der Waals surface area contributed by atoms with Gasteiger partial charge in [0.15, 0.2) is 34.6 Å². The van der Waals surface area contributed by atoms with Gasteiger partial charge in [0.25, 0.3) is 0 Å². The summed E-state index contributed by atoms with van der Waals surface area (Å²) in [7, 11) is 0. The molecular formula is C25H20F4N4O. The summed E-state index contributed by atoms with van der Waals surface area (Å²) < 4.78 is 65.5. The van der Waals surface area contributed by atoms with E-state index in [1.807, 2.05) is 6.07 Å². The molecule has 2 fully saturated rings. The Balaban J connectivity index is 1.78. The fourth-order valence-electron chi connectivity index (χ4n) is 5.10. The molecular weight excluding hydrogens is 448 g/mol. The van der Waals surface area contributed by atoms with Crippen molar-refractivity contribution in [1.29, 1.82) is 15.8 Å². The molecule has 4 rings (SSSR count). The van der Waals surface area contributed by atoms with Crippen LogP contribution in [0.15, 0.2) is 28.6 Å². The minimum Gasteiger partial charge on any atom is -0.480 e. The zero-order valence-corrected chi connectivity index (χ0v) is 18.6. The van der Waals surface area contributed by atoms with Crippen molar-refractivity contribution in [3.8, 4) is 18.2 Å². The van der Waals surface area contributed by atoms with E-state index in [-0.39, 0.29) is 28.7 Å². The van der Waals surface area contributed by atoms with Crippen LogP contribution in [0.2, 0.25) is 0 Å². The largest absolute Gasteiger partial charge is 0.480 e. The summed E-state index contributed by atoms with van der Waals surface area (Å²) >= 11 is 0. The number of rotatable bonds is 3. The number of nitriles is 3. The van der Waals surface area contributed by atoms with Gasteiger partial charge in [-0.2, -0.15) is 15.8 Å². The van der Waals surface area contributed by atoms with Gasteiger partial charge < -0.3 is 9.64 Å². The fraction of sp³-hybridized carbons (Fsp3) is 0.400. The molecule has 0 radical (unpaired) electrons. The van der Waals surface area contributed by atoms with E-state index < -0.39 is 45.7 Å². The first-order valence-electron chi connectivity index (χ1n) is 10.8. The first-order chi connectivity index (χ1) is 16.1. The molecule has 2 unspecified atom stereocenters. The Bertz CT molecular complexity index is 1230. The van der Waals surface area contributed by atoms with Crippen LogP contribution in [0, 0.1) is 69.1 Å². The molecule has 1 saturated carbocycles. The molecule has 1 aromatic carbocycles. The number of piperidine rings is 1. The molecule has 1 aromatic rings. The van der Waals surface area contributed by atoms with Crippen LogP contribution in [-0.4, -0.2) is 18.7 Å². The first-order valence-corrected chi connectivity index (χ1v) is 10.8. The predicted octanol–water partition coefficient (Wildman–Crippen LogP) is 5.42. The van der Waals surface area contributed by atoms with Crippen LogP contribution >= 0.6 is 0 Å².